The summed E-state index contributed by atoms with van der Waals surface area (Å²) in [5.41, 5.74) is 1.36. The Labute approximate surface area is 151 Å². The average molecular weight is 348 g/mol. The van der Waals surface area contributed by atoms with E-state index in [4.69, 9.17) is 9.47 Å². The largest absolute Gasteiger partial charge is 0.481 e. The Bertz CT molecular complexity index is 531. The van der Waals surface area contributed by atoms with Crippen LogP contribution in [0.4, 0.5) is 0 Å². The molecule has 1 aromatic carbocycles. The quantitative estimate of drug-likeness (QED) is 0.770. The molecular formula is C20H32N2O3. The van der Waals surface area contributed by atoms with Gasteiger partial charge in [-0.05, 0) is 43.0 Å². The number of benzene rings is 1. The van der Waals surface area contributed by atoms with Gasteiger partial charge in [-0.1, -0.05) is 32.9 Å². The van der Waals surface area contributed by atoms with E-state index >= 15 is 0 Å². The van der Waals surface area contributed by atoms with Crippen LogP contribution in [0.2, 0.25) is 0 Å². The van der Waals surface area contributed by atoms with Crippen LogP contribution in [0.15, 0.2) is 24.3 Å². The van der Waals surface area contributed by atoms with E-state index in [2.05, 4.69) is 43.1 Å². The first-order valence-corrected chi connectivity index (χ1v) is 9.21. The minimum absolute atomic E-state index is 0.0677. The number of hydrogen-bond donors (Lipinski definition) is 1. The number of ether oxygens (including phenoxy) is 2. The molecule has 0 spiro atoms. The first-order chi connectivity index (χ1) is 11.9. The molecule has 1 heterocycles. The van der Waals surface area contributed by atoms with E-state index in [0.29, 0.717) is 6.54 Å². The fourth-order valence-electron chi connectivity index (χ4n) is 2.77. The van der Waals surface area contributed by atoms with Gasteiger partial charge in [0.1, 0.15) is 5.75 Å². The number of hydrogen-bond acceptors (Lipinski definition) is 4. The third kappa shape index (κ3) is 6.67. The summed E-state index contributed by atoms with van der Waals surface area (Å²) in [6, 6.07) is 7.98. The molecule has 0 unspecified atom stereocenters. The van der Waals surface area contributed by atoms with Crippen molar-refractivity contribution in [2.24, 2.45) is 0 Å². The summed E-state index contributed by atoms with van der Waals surface area (Å²) in [4.78, 5) is 14.5. The second-order valence-electron chi connectivity index (χ2n) is 7.63. The molecule has 1 aromatic rings. The van der Waals surface area contributed by atoms with E-state index in [1.165, 1.54) is 5.56 Å². The summed E-state index contributed by atoms with van der Waals surface area (Å²) >= 11 is 0. The fourth-order valence-corrected chi connectivity index (χ4v) is 2.77. The molecule has 1 aliphatic heterocycles. The van der Waals surface area contributed by atoms with Crippen LogP contribution in [0.5, 0.6) is 5.75 Å². The molecule has 0 aliphatic carbocycles. The maximum Gasteiger partial charge on any atom is 0.260 e. The van der Waals surface area contributed by atoms with Crippen molar-refractivity contribution in [2.75, 3.05) is 39.4 Å². The normalized spacial score (nSPS) is 17.1. The number of morpholine rings is 1. The minimum Gasteiger partial charge on any atom is -0.481 e. The predicted octanol–water partition coefficient (Wildman–Crippen LogP) is 2.59. The van der Waals surface area contributed by atoms with Gasteiger partial charge in [0.05, 0.1) is 13.2 Å². The monoisotopic (exact) mass is 348 g/mol. The van der Waals surface area contributed by atoms with Crippen LogP contribution in [0.1, 0.15) is 39.7 Å². The molecule has 5 nitrogen and oxygen atoms in total. The summed E-state index contributed by atoms with van der Waals surface area (Å²) in [5.74, 6) is 0.658. The van der Waals surface area contributed by atoms with E-state index in [0.717, 1.165) is 45.0 Å². The topological polar surface area (TPSA) is 50.8 Å². The van der Waals surface area contributed by atoms with E-state index in [-0.39, 0.29) is 11.3 Å². The van der Waals surface area contributed by atoms with Crippen molar-refractivity contribution in [3.8, 4) is 5.75 Å². The third-order valence-corrected chi connectivity index (χ3v) is 4.46. The summed E-state index contributed by atoms with van der Waals surface area (Å²) in [5, 5.41) is 2.96. The van der Waals surface area contributed by atoms with Crippen molar-refractivity contribution in [2.45, 2.75) is 45.6 Å². The Morgan fingerprint density at radius 3 is 2.48 bits per heavy atom. The second-order valence-corrected chi connectivity index (χ2v) is 7.63. The molecule has 2 rings (SSSR count). The Morgan fingerprint density at radius 1 is 1.24 bits per heavy atom. The molecule has 1 amide bonds. The number of rotatable bonds is 7. The van der Waals surface area contributed by atoms with Crippen molar-refractivity contribution < 1.29 is 14.3 Å². The zero-order valence-electron chi connectivity index (χ0n) is 16.0. The molecule has 1 fully saturated rings. The van der Waals surface area contributed by atoms with E-state index in [9.17, 15) is 4.79 Å². The molecule has 1 aliphatic rings. The predicted molar refractivity (Wildman–Crippen MR) is 100 cm³/mol. The summed E-state index contributed by atoms with van der Waals surface area (Å²) in [6.45, 7) is 13.6. The second kappa shape index (κ2) is 9.20. The Hall–Kier alpha value is -1.59. The lowest BCUT2D eigenvalue weighted by molar-refractivity contribution is -0.127. The highest BCUT2D eigenvalue weighted by atomic mass is 16.5. The van der Waals surface area contributed by atoms with Gasteiger partial charge in [0.15, 0.2) is 6.10 Å². The van der Waals surface area contributed by atoms with Crippen molar-refractivity contribution >= 4 is 5.91 Å². The molecule has 25 heavy (non-hydrogen) atoms. The standard InChI is InChI=1S/C20H32N2O3/c1-16(25-18-8-6-17(7-9-18)20(2,3)4)19(23)21-10-5-11-22-12-14-24-15-13-22/h6-9,16H,5,10-15H2,1-4H3,(H,21,23)/t16-/m0/s1. The van der Waals surface area contributed by atoms with Crippen molar-refractivity contribution in [3.63, 3.8) is 0 Å². The first-order valence-electron chi connectivity index (χ1n) is 9.21. The fraction of sp³-hybridized carbons (Fsp3) is 0.650. The van der Waals surface area contributed by atoms with Crippen LogP contribution in [-0.4, -0.2) is 56.3 Å². The van der Waals surface area contributed by atoms with Gasteiger partial charge in [-0.25, -0.2) is 0 Å². The molecule has 0 radical (unpaired) electrons. The zero-order chi connectivity index (χ0) is 18.3. The van der Waals surface area contributed by atoms with Crippen molar-refractivity contribution in [1.29, 1.82) is 0 Å². The van der Waals surface area contributed by atoms with Gasteiger partial charge in [-0.15, -0.1) is 0 Å². The average Bonchev–Trinajstić information content (AvgIpc) is 2.59. The van der Waals surface area contributed by atoms with Crippen molar-refractivity contribution in [3.05, 3.63) is 29.8 Å². The zero-order valence-corrected chi connectivity index (χ0v) is 16.0. The molecule has 0 aromatic heterocycles. The van der Waals surface area contributed by atoms with E-state index in [1.807, 2.05) is 12.1 Å². The smallest absolute Gasteiger partial charge is 0.260 e. The lowest BCUT2D eigenvalue weighted by Gasteiger charge is -2.26. The van der Waals surface area contributed by atoms with Gasteiger partial charge in [-0.3, -0.25) is 9.69 Å². The van der Waals surface area contributed by atoms with Gasteiger partial charge in [0.2, 0.25) is 0 Å². The summed E-state index contributed by atoms with van der Waals surface area (Å²) in [7, 11) is 0. The minimum atomic E-state index is -0.496. The number of carbonyl (C=O) groups excluding carboxylic acids is 1. The molecule has 140 valence electrons. The van der Waals surface area contributed by atoms with Crippen LogP contribution >= 0.6 is 0 Å². The number of nitrogens with zero attached hydrogens (tertiary/aromatic N) is 1. The third-order valence-electron chi connectivity index (χ3n) is 4.46. The van der Waals surface area contributed by atoms with Crippen LogP contribution in [0.25, 0.3) is 0 Å². The van der Waals surface area contributed by atoms with Gasteiger partial charge >= 0.3 is 0 Å². The Kier molecular flexibility index (Phi) is 7.26. The molecule has 0 bridgehead atoms. The summed E-state index contributed by atoms with van der Waals surface area (Å²) in [6.07, 6.45) is 0.447. The van der Waals surface area contributed by atoms with Crippen LogP contribution in [0.3, 0.4) is 0 Å². The molecule has 1 saturated heterocycles. The lowest BCUT2D eigenvalue weighted by atomic mass is 9.87. The highest BCUT2D eigenvalue weighted by Gasteiger charge is 2.16. The highest BCUT2D eigenvalue weighted by Crippen LogP contribution is 2.24. The molecular weight excluding hydrogens is 316 g/mol. The Morgan fingerprint density at radius 2 is 1.88 bits per heavy atom. The molecule has 0 saturated carbocycles. The maximum absolute atomic E-state index is 12.2. The van der Waals surface area contributed by atoms with E-state index < -0.39 is 6.10 Å². The number of amides is 1. The summed E-state index contributed by atoms with van der Waals surface area (Å²) < 4.78 is 11.1. The maximum atomic E-state index is 12.2. The number of nitrogens with one attached hydrogen (secondary N) is 1. The van der Waals surface area contributed by atoms with Crippen molar-refractivity contribution in [1.82, 2.24) is 10.2 Å². The van der Waals surface area contributed by atoms with Gasteiger partial charge in [-0.2, -0.15) is 0 Å². The van der Waals surface area contributed by atoms with Crippen LogP contribution in [-0.2, 0) is 14.9 Å². The lowest BCUT2D eigenvalue weighted by Crippen LogP contribution is -2.40. The Balaban J connectivity index is 1.69. The molecule has 1 atom stereocenters. The van der Waals surface area contributed by atoms with Gasteiger partial charge in [0, 0.05) is 19.6 Å². The molecule has 1 N–H and O–H groups in total. The van der Waals surface area contributed by atoms with Crippen LogP contribution in [0, 0.1) is 0 Å². The van der Waals surface area contributed by atoms with E-state index in [1.54, 1.807) is 6.92 Å². The first kappa shape index (κ1) is 19.7. The number of carbonyl (C=O) groups is 1. The molecule has 5 heteroatoms. The van der Waals surface area contributed by atoms with Gasteiger partial charge in [0.25, 0.3) is 5.91 Å². The SMILES string of the molecule is C[C@H](Oc1ccc(C(C)(C)C)cc1)C(=O)NCCCN1CCOCC1. The highest BCUT2D eigenvalue weighted by molar-refractivity contribution is 5.80. The van der Waals surface area contributed by atoms with Crippen LogP contribution < -0.4 is 10.1 Å². The van der Waals surface area contributed by atoms with Gasteiger partial charge < -0.3 is 14.8 Å².